The molecule has 5 nitrogen and oxygen atoms in total. The molecule has 0 spiro atoms. The summed E-state index contributed by atoms with van der Waals surface area (Å²) in [6, 6.07) is 11.3. The van der Waals surface area contributed by atoms with Crippen molar-refractivity contribution in [3.8, 4) is 28.5 Å². The van der Waals surface area contributed by atoms with Gasteiger partial charge in [0.05, 0.1) is 37.9 Å². The number of aromatic amines is 1. The van der Waals surface area contributed by atoms with Gasteiger partial charge in [0.1, 0.15) is 11.5 Å². The normalized spacial score (nSPS) is 10.7. The second-order valence-electron chi connectivity index (χ2n) is 5.48. The van der Waals surface area contributed by atoms with Crippen molar-refractivity contribution >= 4 is 10.9 Å². The highest BCUT2D eigenvalue weighted by Crippen LogP contribution is 2.33. The lowest BCUT2D eigenvalue weighted by molar-refractivity contribution is 0.396. The predicted molar refractivity (Wildman–Crippen MR) is 94.4 cm³/mol. The second kappa shape index (κ2) is 6.28. The fraction of sp³-hybridized carbons (Fsp3) is 0.211. The zero-order chi connectivity index (χ0) is 17.3. The summed E-state index contributed by atoms with van der Waals surface area (Å²) in [5, 5.41) is 0.436. The Hall–Kier alpha value is -2.95. The Morgan fingerprint density at radius 1 is 0.917 bits per heavy atom. The molecule has 0 saturated carbocycles. The smallest absolute Gasteiger partial charge is 0.235 e. The van der Waals surface area contributed by atoms with E-state index in [1.54, 1.807) is 19.2 Å². The molecule has 1 aromatic heterocycles. The maximum absolute atomic E-state index is 12.9. The van der Waals surface area contributed by atoms with Gasteiger partial charge in [-0.1, -0.05) is 29.8 Å². The molecule has 1 heterocycles. The summed E-state index contributed by atoms with van der Waals surface area (Å²) >= 11 is 0. The highest BCUT2D eigenvalue weighted by molar-refractivity contribution is 5.90. The lowest BCUT2D eigenvalue weighted by Gasteiger charge is -2.13. The van der Waals surface area contributed by atoms with Gasteiger partial charge in [0.15, 0.2) is 5.75 Å². The van der Waals surface area contributed by atoms with E-state index >= 15 is 0 Å². The van der Waals surface area contributed by atoms with Crippen LogP contribution < -0.4 is 19.6 Å². The van der Waals surface area contributed by atoms with E-state index in [1.807, 2.05) is 31.2 Å². The average molecular weight is 325 g/mol. The fourth-order valence-electron chi connectivity index (χ4n) is 2.74. The van der Waals surface area contributed by atoms with Crippen LogP contribution in [0.2, 0.25) is 0 Å². The van der Waals surface area contributed by atoms with E-state index < -0.39 is 0 Å². The molecule has 0 aliphatic carbocycles. The van der Waals surface area contributed by atoms with E-state index in [1.165, 1.54) is 14.2 Å². The summed E-state index contributed by atoms with van der Waals surface area (Å²) in [5.41, 5.74) is 3.06. The lowest BCUT2D eigenvalue weighted by atomic mass is 10.1. The summed E-state index contributed by atoms with van der Waals surface area (Å²) < 4.78 is 16.0. The molecule has 24 heavy (non-hydrogen) atoms. The van der Waals surface area contributed by atoms with Crippen molar-refractivity contribution in [2.24, 2.45) is 0 Å². The van der Waals surface area contributed by atoms with E-state index in [9.17, 15) is 4.79 Å². The number of hydrogen-bond acceptors (Lipinski definition) is 4. The third-order valence-corrected chi connectivity index (χ3v) is 4.00. The Balaban J connectivity index is 2.38. The number of pyridine rings is 1. The summed E-state index contributed by atoms with van der Waals surface area (Å²) in [7, 11) is 4.58. The van der Waals surface area contributed by atoms with Gasteiger partial charge in [0.25, 0.3) is 0 Å². The molecular weight excluding hydrogens is 306 g/mol. The monoisotopic (exact) mass is 325 g/mol. The van der Waals surface area contributed by atoms with Gasteiger partial charge in [-0.3, -0.25) is 4.79 Å². The number of rotatable bonds is 4. The predicted octanol–water partition coefficient (Wildman–Crippen LogP) is 3.53. The molecule has 0 atom stereocenters. The Morgan fingerprint density at radius 2 is 1.62 bits per heavy atom. The number of methoxy groups -OCH3 is 3. The quantitative estimate of drug-likeness (QED) is 0.797. The maximum atomic E-state index is 12.9. The molecule has 1 N–H and O–H groups in total. The van der Waals surface area contributed by atoms with Crippen LogP contribution in [0.4, 0.5) is 0 Å². The van der Waals surface area contributed by atoms with Crippen molar-refractivity contribution in [1.29, 1.82) is 0 Å². The van der Waals surface area contributed by atoms with Gasteiger partial charge in [0, 0.05) is 17.7 Å². The first-order valence-electron chi connectivity index (χ1n) is 7.52. The van der Waals surface area contributed by atoms with Crippen LogP contribution in [0.15, 0.2) is 41.2 Å². The van der Waals surface area contributed by atoms with Crippen LogP contribution in [-0.2, 0) is 0 Å². The first-order valence-corrected chi connectivity index (χ1v) is 7.52. The minimum Gasteiger partial charge on any atom is -0.497 e. The van der Waals surface area contributed by atoms with Crippen molar-refractivity contribution in [2.45, 2.75) is 6.92 Å². The van der Waals surface area contributed by atoms with E-state index in [4.69, 9.17) is 14.2 Å². The molecule has 2 aromatic carbocycles. The number of nitrogens with one attached hydrogen (secondary N) is 1. The van der Waals surface area contributed by atoms with Gasteiger partial charge in [-0.2, -0.15) is 0 Å². The van der Waals surface area contributed by atoms with Gasteiger partial charge in [-0.25, -0.2) is 0 Å². The van der Waals surface area contributed by atoms with Gasteiger partial charge in [0.2, 0.25) is 5.43 Å². The van der Waals surface area contributed by atoms with E-state index in [2.05, 4.69) is 4.98 Å². The summed E-state index contributed by atoms with van der Waals surface area (Å²) in [5.74, 6) is 1.31. The molecular formula is C19H19NO4. The van der Waals surface area contributed by atoms with Crippen molar-refractivity contribution in [3.63, 3.8) is 0 Å². The molecule has 0 saturated heterocycles. The first kappa shape index (κ1) is 15.9. The number of hydrogen-bond donors (Lipinski definition) is 1. The molecule has 3 aromatic rings. The van der Waals surface area contributed by atoms with Crippen molar-refractivity contribution in [1.82, 2.24) is 4.98 Å². The van der Waals surface area contributed by atoms with Crippen LogP contribution in [0.1, 0.15) is 5.56 Å². The number of ether oxygens (including phenoxy) is 3. The van der Waals surface area contributed by atoms with Crippen LogP contribution in [0.5, 0.6) is 17.2 Å². The standard InChI is InChI=1S/C19H19NO4/c1-11-5-7-12(8-6-11)17-19(24-4)18(21)16-14(20-17)9-13(22-2)10-15(16)23-3/h5-10H,1-4H3,(H,20,21). The van der Waals surface area contributed by atoms with E-state index in [0.717, 1.165) is 11.1 Å². The molecule has 3 rings (SSSR count). The zero-order valence-corrected chi connectivity index (χ0v) is 14.1. The van der Waals surface area contributed by atoms with Crippen LogP contribution in [0, 0.1) is 6.92 Å². The maximum Gasteiger partial charge on any atom is 0.235 e. The molecule has 5 heteroatoms. The third kappa shape index (κ3) is 2.58. The second-order valence-corrected chi connectivity index (χ2v) is 5.48. The number of aryl methyl sites for hydroxylation is 1. The Kier molecular flexibility index (Phi) is 4.16. The average Bonchev–Trinajstić information content (AvgIpc) is 2.61. The molecule has 0 unspecified atom stereocenters. The van der Waals surface area contributed by atoms with Gasteiger partial charge < -0.3 is 19.2 Å². The SMILES string of the molecule is COc1cc(OC)c2c(=O)c(OC)c(-c3ccc(C)cc3)[nH]c2c1. The molecule has 0 aliphatic heterocycles. The molecule has 0 aliphatic rings. The Labute approximate surface area is 139 Å². The summed E-state index contributed by atoms with van der Waals surface area (Å²) in [4.78, 5) is 16.2. The van der Waals surface area contributed by atoms with Crippen LogP contribution >= 0.6 is 0 Å². The van der Waals surface area contributed by atoms with Crippen LogP contribution in [0.3, 0.4) is 0 Å². The molecule has 0 bridgehead atoms. The zero-order valence-electron chi connectivity index (χ0n) is 14.1. The Morgan fingerprint density at radius 3 is 2.21 bits per heavy atom. The summed E-state index contributed by atoms with van der Waals surface area (Å²) in [6.07, 6.45) is 0. The number of H-pyrrole nitrogens is 1. The van der Waals surface area contributed by atoms with Crippen LogP contribution in [-0.4, -0.2) is 26.3 Å². The van der Waals surface area contributed by atoms with Crippen molar-refractivity contribution < 1.29 is 14.2 Å². The number of aromatic nitrogens is 1. The fourth-order valence-corrected chi connectivity index (χ4v) is 2.74. The molecule has 124 valence electrons. The highest BCUT2D eigenvalue weighted by Gasteiger charge is 2.18. The summed E-state index contributed by atoms with van der Waals surface area (Å²) in [6.45, 7) is 2.01. The topological polar surface area (TPSA) is 60.6 Å². The lowest BCUT2D eigenvalue weighted by Crippen LogP contribution is -2.11. The highest BCUT2D eigenvalue weighted by atomic mass is 16.5. The molecule has 0 radical (unpaired) electrons. The Bertz CT molecular complexity index is 942. The van der Waals surface area contributed by atoms with Crippen molar-refractivity contribution in [3.05, 3.63) is 52.2 Å². The van der Waals surface area contributed by atoms with Gasteiger partial charge >= 0.3 is 0 Å². The van der Waals surface area contributed by atoms with Crippen molar-refractivity contribution in [2.75, 3.05) is 21.3 Å². The van der Waals surface area contributed by atoms with Gasteiger partial charge in [-0.05, 0) is 6.92 Å². The largest absolute Gasteiger partial charge is 0.497 e. The molecule has 0 amide bonds. The third-order valence-electron chi connectivity index (χ3n) is 4.00. The van der Waals surface area contributed by atoms with E-state index in [-0.39, 0.29) is 11.2 Å². The minimum absolute atomic E-state index is 0.221. The van der Waals surface area contributed by atoms with Crippen LogP contribution in [0.25, 0.3) is 22.2 Å². The number of benzene rings is 2. The molecule has 0 fully saturated rings. The minimum atomic E-state index is -0.221. The van der Waals surface area contributed by atoms with E-state index in [0.29, 0.717) is 28.1 Å². The van der Waals surface area contributed by atoms with Gasteiger partial charge in [-0.15, -0.1) is 0 Å². The first-order chi connectivity index (χ1) is 11.6. The number of fused-ring (bicyclic) bond motifs is 1.